The van der Waals surface area contributed by atoms with Gasteiger partial charge in [-0.3, -0.25) is 9.59 Å². The molecule has 120 valence electrons. The molecular formula is C17H24N2O3. The van der Waals surface area contributed by atoms with Gasteiger partial charge in [0, 0.05) is 24.9 Å². The van der Waals surface area contributed by atoms with E-state index in [0.29, 0.717) is 25.8 Å². The predicted molar refractivity (Wildman–Crippen MR) is 84.5 cm³/mol. The number of carbonyl (C=O) groups is 2. The number of nitrogens with one attached hydrogen (secondary N) is 2. The highest BCUT2D eigenvalue weighted by Crippen LogP contribution is 2.28. The molecule has 0 radical (unpaired) electrons. The first-order valence-electron chi connectivity index (χ1n) is 7.77. The molecule has 2 amide bonds. The van der Waals surface area contributed by atoms with Crippen molar-refractivity contribution < 1.29 is 14.3 Å². The Balaban J connectivity index is 1.76. The van der Waals surface area contributed by atoms with Gasteiger partial charge in [0.25, 0.3) is 0 Å². The van der Waals surface area contributed by atoms with Crippen LogP contribution in [0.1, 0.15) is 44.6 Å². The van der Waals surface area contributed by atoms with Crippen LogP contribution in [0.25, 0.3) is 0 Å². The maximum atomic E-state index is 12.0. The maximum Gasteiger partial charge on any atom is 0.220 e. The van der Waals surface area contributed by atoms with E-state index >= 15 is 0 Å². The standard InChI is InChI=1S/C17H24N2O3/c1-3-17(11-9-16(21)19-17)10-8-15(20)18-12-13-4-6-14(22-2)7-5-13/h4-7H,3,8-12H2,1-2H3,(H,18,20)(H,19,21). The summed E-state index contributed by atoms with van der Waals surface area (Å²) in [6.07, 6.45) is 3.40. The Labute approximate surface area is 131 Å². The SMILES string of the molecule is CCC1(CCC(=O)NCc2ccc(OC)cc2)CCC(=O)N1. The molecular weight excluding hydrogens is 280 g/mol. The molecule has 1 atom stereocenters. The van der Waals surface area contributed by atoms with Gasteiger partial charge < -0.3 is 15.4 Å². The molecule has 1 fully saturated rings. The number of ether oxygens (including phenoxy) is 1. The highest BCUT2D eigenvalue weighted by atomic mass is 16.5. The van der Waals surface area contributed by atoms with Crippen LogP contribution in [0.15, 0.2) is 24.3 Å². The molecule has 0 aliphatic carbocycles. The molecule has 2 N–H and O–H groups in total. The molecule has 0 saturated carbocycles. The molecule has 1 aliphatic heterocycles. The summed E-state index contributed by atoms with van der Waals surface area (Å²) >= 11 is 0. The van der Waals surface area contributed by atoms with Gasteiger partial charge in [-0.15, -0.1) is 0 Å². The van der Waals surface area contributed by atoms with Crippen molar-refractivity contribution in [3.8, 4) is 5.75 Å². The Morgan fingerprint density at radius 3 is 2.64 bits per heavy atom. The van der Waals surface area contributed by atoms with Crippen LogP contribution in [-0.4, -0.2) is 24.5 Å². The third-order valence-corrected chi connectivity index (χ3v) is 4.39. The molecule has 22 heavy (non-hydrogen) atoms. The molecule has 1 aromatic rings. The highest BCUT2D eigenvalue weighted by Gasteiger charge is 2.35. The van der Waals surface area contributed by atoms with E-state index in [1.807, 2.05) is 24.3 Å². The molecule has 0 bridgehead atoms. The summed E-state index contributed by atoms with van der Waals surface area (Å²) in [5.41, 5.74) is 0.850. The van der Waals surface area contributed by atoms with E-state index in [0.717, 1.165) is 24.2 Å². The lowest BCUT2D eigenvalue weighted by Gasteiger charge is -2.27. The topological polar surface area (TPSA) is 67.4 Å². The number of amides is 2. The van der Waals surface area contributed by atoms with Gasteiger partial charge in [0.05, 0.1) is 7.11 Å². The number of carbonyl (C=O) groups excluding carboxylic acids is 2. The molecule has 2 rings (SSSR count). The molecule has 1 heterocycles. The second-order valence-electron chi connectivity index (χ2n) is 5.81. The monoisotopic (exact) mass is 304 g/mol. The summed E-state index contributed by atoms with van der Waals surface area (Å²) in [5, 5.41) is 5.95. The van der Waals surface area contributed by atoms with Crippen molar-refractivity contribution in [3.63, 3.8) is 0 Å². The van der Waals surface area contributed by atoms with Crippen molar-refractivity contribution in [3.05, 3.63) is 29.8 Å². The maximum absolute atomic E-state index is 12.0. The van der Waals surface area contributed by atoms with Crippen molar-refractivity contribution in [1.82, 2.24) is 10.6 Å². The number of hydrogen-bond donors (Lipinski definition) is 2. The lowest BCUT2D eigenvalue weighted by molar-refractivity contribution is -0.122. The molecule has 0 spiro atoms. The Bertz CT molecular complexity index is 527. The quantitative estimate of drug-likeness (QED) is 0.811. The van der Waals surface area contributed by atoms with Gasteiger partial charge in [0.15, 0.2) is 0 Å². The second-order valence-corrected chi connectivity index (χ2v) is 5.81. The minimum Gasteiger partial charge on any atom is -0.497 e. The van der Waals surface area contributed by atoms with Gasteiger partial charge in [0.2, 0.25) is 11.8 Å². The van der Waals surface area contributed by atoms with Crippen molar-refractivity contribution >= 4 is 11.8 Å². The van der Waals surface area contributed by atoms with Crippen molar-refractivity contribution in [2.75, 3.05) is 7.11 Å². The lowest BCUT2D eigenvalue weighted by Crippen LogP contribution is -2.42. The minimum absolute atomic E-state index is 0.0183. The molecule has 1 unspecified atom stereocenters. The van der Waals surface area contributed by atoms with E-state index in [2.05, 4.69) is 17.6 Å². The van der Waals surface area contributed by atoms with Gasteiger partial charge in [-0.1, -0.05) is 19.1 Å². The lowest BCUT2D eigenvalue weighted by atomic mass is 9.89. The van der Waals surface area contributed by atoms with E-state index in [4.69, 9.17) is 4.74 Å². The molecule has 0 aromatic heterocycles. The number of methoxy groups -OCH3 is 1. The fourth-order valence-electron chi connectivity index (χ4n) is 2.79. The summed E-state index contributed by atoms with van der Waals surface area (Å²) in [6.45, 7) is 2.56. The predicted octanol–water partition coefficient (Wildman–Crippen LogP) is 2.15. The van der Waals surface area contributed by atoms with Crippen LogP contribution in [0, 0.1) is 0 Å². The Hall–Kier alpha value is -2.04. The fourth-order valence-corrected chi connectivity index (χ4v) is 2.79. The summed E-state index contributed by atoms with van der Waals surface area (Å²) in [7, 11) is 1.63. The largest absolute Gasteiger partial charge is 0.497 e. The Kier molecular flexibility index (Phi) is 5.41. The van der Waals surface area contributed by atoms with Crippen molar-refractivity contribution in [2.24, 2.45) is 0 Å². The smallest absolute Gasteiger partial charge is 0.220 e. The average molecular weight is 304 g/mol. The van der Waals surface area contributed by atoms with E-state index in [1.165, 1.54) is 0 Å². The van der Waals surface area contributed by atoms with Crippen LogP contribution in [0.4, 0.5) is 0 Å². The first kappa shape index (κ1) is 16.3. The van der Waals surface area contributed by atoms with Gasteiger partial charge in [-0.2, -0.15) is 0 Å². The van der Waals surface area contributed by atoms with Crippen LogP contribution < -0.4 is 15.4 Å². The van der Waals surface area contributed by atoms with Crippen LogP contribution in [0.3, 0.4) is 0 Å². The van der Waals surface area contributed by atoms with Crippen LogP contribution in [0.2, 0.25) is 0 Å². The second kappa shape index (κ2) is 7.29. The summed E-state index contributed by atoms with van der Waals surface area (Å²) in [5.74, 6) is 0.919. The van der Waals surface area contributed by atoms with Gasteiger partial charge in [0.1, 0.15) is 5.75 Å². The van der Waals surface area contributed by atoms with Crippen LogP contribution in [0.5, 0.6) is 5.75 Å². The molecule has 1 saturated heterocycles. The summed E-state index contributed by atoms with van der Waals surface area (Å²) in [4.78, 5) is 23.4. The number of rotatable bonds is 7. The number of benzene rings is 1. The Morgan fingerprint density at radius 2 is 2.09 bits per heavy atom. The Morgan fingerprint density at radius 1 is 1.36 bits per heavy atom. The normalized spacial score (nSPS) is 20.5. The van der Waals surface area contributed by atoms with Crippen molar-refractivity contribution in [1.29, 1.82) is 0 Å². The zero-order chi connectivity index (χ0) is 16.0. The van der Waals surface area contributed by atoms with E-state index in [1.54, 1.807) is 7.11 Å². The van der Waals surface area contributed by atoms with Gasteiger partial charge in [-0.05, 0) is 37.0 Å². The fraction of sp³-hybridized carbons (Fsp3) is 0.529. The van der Waals surface area contributed by atoms with E-state index < -0.39 is 0 Å². The highest BCUT2D eigenvalue weighted by molar-refractivity contribution is 5.80. The minimum atomic E-state index is -0.186. The van der Waals surface area contributed by atoms with Crippen molar-refractivity contribution in [2.45, 2.75) is 51.1 Å². The first-order chi connectivity index (χ1) is 10.6. The molecule has 5 heteroatoms. The van der Waals surface area contributed by atoms with Crippen LogP contribution in [-0.2, 0) is 16.1 Å². The van der Waals surface area contributed by atoms with E-state index in [9.17, 15) is 9.59 Å². The van der Waals surface area contributed by atoms with E-state index in [-0.39, 0.29) is 17.4 Å². The van der Waals surface area contributed by atoms with Crippen LogP contribution >= 0.6 is 0 Å². The van der Waals surface area contributed by atoms with Gasteiger partial charge >= 0.3 is 0 Å². The first-order valence-corrected chi connectivity index (χ1v) is 7.77. The average Bonchev–Trinajstić information content (AvgIpc) is 2.93. The zero-order valence-electron chi connectivity index (χ0n) is 13.3. The van der Waals surface area contributed by atoms with Gasteiger partial charge in [-0.25, -0.2) is 0 Å². The molecule has 1 aromatic carbocycles. The summed E-state index contributed by atoms with van der Waals surface area (Å²) in [6, 6.07) is 7.62. The molecule has 1 aliphatic rings. The third-order valence-electron chi connectivity index (χ3n) is 4.39. The molecule has 5 nitrogen and oxygen atoms in total. The number of hydrogen-bond acceptors (Lipinski definition) is 3. The third kappa shape index (κ3) is 4.23. The zero-order valence-corrected chi connectivity index (χ0v) is 13.3. The summed E-state index contributed by atoms with van der Waals surface area (Å²) < 4.78 is 5.10.